The van der Waals surface area contributed by atoms with Crippen LogP contribution < -0.4 is 4.72 Å². The van der Waals surface area contributed by atoms with E-state index in [2.05, 4.69) is 4.72 Å². The maximum Gasteiger partial charge on any atom is 0.342 e. The molecule has 0 fully saturated rings. The van der Waals surface area contributed by atoms with E-state index in [0.717, 1.165) is 6.07 Å². The van der Waals surface area contributed by atoms with E-state index in [4.69, 9.17) is 9.15 Å². The first kappa shape index (κ1) is 22.3. The molecule has 9 nitrogen and oxygen atoms in total. The number of carbonyl (C=O) groups excluding carboxylic acids is 1. The molecule has 0 spiro atoms. The van der Waals surface area contributed by atoms with Gasteiger partial charge in [0.1, 0.15) is 16.9 Å². The van der Waals surface area contributed by atoms with Gasteiger partial charge in [0.25, 0.3) is 15.7 Å². The van der Waals surface area contributed by atoms with Crippen molar-refractivity contribution in [3.05, 3.63) is 75.5 Å². The Hall–Kier alpha value is -3.92. The first-order chi connectivity index (χ1) is 15.6. The molecule has 0 unspecified atom stereocenters. The molecule has 10 heteroatoms. The van der Waals surface area contributed by atoms with Crippen LogP contribution in [-0.2, 0) is 14.8 Å². The fraction of sp³-hybridized carbons (Fsp3) is 0.174. The number of hydrogen-bond acceptors (Lipinski definition) is 7. The summed E-state index contributed by atoms with van der Waals surface area (Å²) in [4.78, 5) is 22.9. The Morgan fingerprint density at radius 3 is 2.45 bits per heavy atom. The lowest BCUT2D eigenvalue weighted by atomic mass is 10.0. The number of esters is 1. The van der Waals surface area contributed by atoms with Crippen molar-refractivity contribution in [3.8, 4) is 0 Å². The summed E-state index contributed by atoms with van der Waals surface area (Å²) < 4.78 is 39.8. The van der Waals surface area contributed by atoms with Crippen molar-refractivity contribution in [2.75, 3.05) is 11.3 Å². The molecular formula is C23H20N2O7S. The largest absolute Gasteiger partial charge is 0.462 e. The zero-order valence-corrected chi connectivity index (χ0v) is 18.9. The molecule has 4 rings (SSSR count). The smallest absolute Gasteiger partial charge is 0.342 e. The molecule has 0 radical (unpaired) electrons. The second kappa shape index (κ2) is 8.21. The minimum atomic E-state index is -4.18. The van der Waals surface area contributed by atoms with Gasteiger partial charge in [-0.15, -0.1) is 0 Å². The number of rotatable bonds is 6. The lowest BCUT2D eigenvalue weighted by Gasteiger charge is -2.12. The summed E-state index contributed by atoms with van der Waals surface area (Å²) in [7, 11) is -4.18. The fourth-order valence-corrected chi connectivity index (χ4v) is 4.83. The molecule has 3 aromatic carbocycles. The van der Waals surface area contributed by atoms with E-state index >= 15 is 0 Å². The first-order valence-electron chi connectivity index (χ1n) is 10.0. The molecule has 0 bridgehead atoms. The van der Waals surface area contributed by atoms with Crippen LogP contribution in [0.4, 0.5) is 11.4 Å². The van der Waals surface area contributed by atoms with Gasteiger partial charge in [-0.3, -0.25) is 14.8 Å². The highest BCUT2D eigenvalue weighted by molar-refractivity contribution is 7.92. The zero-order valence-electron chi connectivity index (χ0n) is 18.0. The lowest BCUT2D eigenvalue weighted by Crippen LogP contribution is -2.14. The summed E-state index contributed by atoms with van der Waals surface area (Å²) in [6.45, 7) is 5.02. The molecule has 1 N–H and O–H groups in total. The van der Waals surface area contributed by atoms with E-state index in [0.29, 0.717) is 33.1 Å². The minimum Gasteiger partial charge on any atom is -0.462 e. The van der Waals surface area contributed by atoms with Gasteiger partial charge >= 0.3 is 5.97 Å². The van der Waals surface area contributed by atoms with E-state index in [9.17, 15) is 23.3 Å². The number of carbonyl (C=O) groups is 1. The molecule has 0 aliphatic heterocycles. The van der Waals surface area contributed by atoms with Gasteiger partial charge in [0.05, 0.1) is 22.1 Å². The number of sulfonamides is 1. The summed E-state index contributed by atoms with van der Waals surface area (Å²) in [6, 6.07) is 12.2. The Labute approximate surface area is 189 Å². The van der Waals surface area contributed by atoms with Crippen molar-refractivity contribution in [1.29, 1.82) is 0 Å². The standard InChI is InChI=1S/C23H20N2O7S/c1-4-31-23(26)21-14(3)32-22-17-8-6-5-7-16(17)19(12-18(21)22)24-33(29,30)15-10-9-13(2)20(11-15)25(27)28/h5-12,24H,4H2,1-3H3. The third-order valence-electron chi connectivity index (χ3n) is 5.28. The van der Waals surface area contributed by atoms with Crippen LogP contribution in [0.5, 0.6) is 0 Å². The van der Waals surface area contributed by atoms with Gasteiger partial charge < -0.3 is 9.15 Å². The van der Waals surface area contributed by atoms with Crippen molar-refractivity contribution in [1.82, 2.24) is 0 Å². The van der Waals surface area contributed by atoms with Gasteiger partial charge in [-0.2, -0.15) is 0 Å². The van der Waals surface area contributed by atoms with Crippen molar-refractivity contribution >= 4 is 49.1 Å². The maximum atomic E-state index is 13.1. The number of furan rings is 1. The van der Waals surface area contributed by atoms with Crippen molar-refractivity contribution in [2.24, 2.45) is 0 Å². The Bertz CT molecular complexity index is 1540. The maximum absolute atomic E-state index is 13.1. The number of nitro benzene ring substituents is 1. The second-order valence-electron chi connectivity index (χ2n) is 7.41. The fourth-order valence-electron chi connectivity index (χ4n) is 3.74. The van der Waals surface area contributed by atoms with Gasteiger partial charge in [-0.1, -0.05) is 30.3 Å². The van der Waals surface area contributed by atoms with E-state index in [1.807, 2.05) is 0 Å². The van der Waals surface area contributed by atoms with E-state index in [-0.39, 0.29) is 28.4 Å². The Morgan fingerprint density at radius 1 is 1.09 bits per heavy atom. The quantitative estimate of drug-likeness (QED) is 0.237. The number of anilines is 1. The predicted molar refractivity (Wildman–Crippen MR) is 123 cm³/mol. The topological polar surface area (TPSA) is 129 Å². The number of aryl methyl sites for hydroxylation is 2. The highest BCUT2D eigenvalue weighted by atomic mass is 32.2. The first-order valence-corrected chi connectivity index (χ1v) is 11.5. The Morgan fingerprint density at radius 2 is 1.79 bits per heavy atom. The van der Waals surface area contributed by atoms with E-state index < -0.39 is 20.9 Å². The van der Waals surface area contributed by atoms with Gasteiger partial charge in [0.15, 0.2) is 0 Å². The molecule has 0 aliphatic rings. The van der Waals surface area contributed by atoms with E-state index in [1.54, 1.807) is 38.1 Å². The normalized spacial score (nSPS) is 11.6. The molecule has 0 saturated heterocycles. The van der Waals surface area contributed by atoms with Gasteiger partial charge in [-0.25, -0.2) is 13.2 Å². The number of benzene rings is 3. The molecule has 1 heterocycles. The molecular weight excluding hydrogens is 448 g/mol. The van der Waals surface area contributed by atoms with Crippen LogP contribution in [0.3, 0.4) is 0 Å². The second-order valence-corrected chi connectivity index (χ2v) is 9.09. The average molecular weight is 468 g/mol. The van der Waals surface area contributed by atoms with Gasteiger partial charge in [0, 0.05) is 27.8 Å². The van der Waals surface area contributed by atoms with Crippen LogP contribution in [0, 0.1) is 24.0 Å². The van der Waals surface area contributed by atoms with Crippen LogP contribution in [0.1, 0.15) is 28.6 Å². The highest BCUT2D eigenvalue weighted by Gasteiger charge is 2.25. The summed E-state index contributed by atoms with van der Waals surface area (Å²) >= 11 is 0. The summed E-state index contributed by atoms with van der Waals surface area (Å²) in [5.74, 6) is -0.227. The van der Waals surface area contributed by atoms with Gasteiger partial charge in [0.2, 0.25) is 0 Å². The number of nitrogens with zero attached hydrogens (tertiary/aromatic N) is 1. The number of hydrogen-bond donors (Lipinski definition) is 1. The molecule has 1 aromatic heterocycles. The SMILES string of the molecule is CCOC(=O)c1c(C)oc2c1cc(NS(=O)(=O)c1ccc(C)c([N+](=O)[O-])c1)c1ccccc12. The van der Waals surface area contributed by atoms with Crippen LogP contribution in [0.15, 0.2) is 57.8 Å². The zero-order chi connectivity index (χ0) is 23.9. The average Bonchev–Trinajstić information content (AvgIpc) is 3.09. The molecule has 4 aromatic rings. The molecule has 33 heavy (non-hydrogen) atoms. The summed E-state index contributed by atoms with van der Waals surface area (Å²) in [5.41, 5.74) is 0.892. The Kier molecular flexibility index (Phi) is 5.54. The number of ether oxygens (including phenoxy) is 1. The van der Waals surface area contributed by atoms with Crippen molar-refractivity contribution < 1.29 is 27.3 Å². The van der Waals surface area contributed by atoms with E-state index in [1.165, 1.54) is 25.1 Å². The van der Waals surface area contributed by atoms with Crippen LogP contribution in [0.25, 0.3) is 21.7 Å². The Balaban J connectivity index is 1.92. The van der Waals surface area contributed by atoms with Gasteiger partial charge in [-0.05, 0) is 32.9 Å². The third-order valence-corrected chi connectivity index (χ3v) is 6.65. The molecule has 0 atom stereocenters. The monoisotopic (exact) mass is 468 g/mol. The van der Waals surface area contributed by atoms with Crippen LogP contribution >= 0.6 is 0 Å². The molecule has 170 valence electrons. The highest BCUT2D eigenvalue weighted by Crippen LogP contribution is 2.38. The number of fused-ring (bicyclic) bond motifs is 3. The summed E-state index contributed by atoms with van der Waals surface area (Å²) in [6.07, 6.45) is 0. The number of nitro groups is 1. The number of nitrogens with one attached hydrogen (secondary N) is 1. The molecule has 0 aliphatic carbocycles. The summed E-state index contributed by atoms with van der Waals surface area (Å²) in [5, 5.41) is 12.8. The van der Waals surface area contributed by atoms with Crippen molar-refractivity contribution in [3.63, 3.8) is 0 Å². The predicted octanol–water partition coefficient (Wildman–Crippen LogP) is 5.09. The molecule has 0 amide bonds. The third kappa shape index (κ3) is 3.89. The minimum absolute atomic E-state index is 0.171. The molecule has 0 saturated carbocycles. The van der Waals surface area contributed by atoms with Crippen molar-refractivity contribution in [2.45, 2.75) is 25.7 Å². The van der Waals surface area contributed by atoms with Crippen LogP contribution in [-0.4, -0.2) is 25.9 Å². The lowest BCUT2D eigenvalue weighted by molar-refractivity contribution is -0.385. The van der Waals surface area contributed by atoms with Crippen LogP contribution in [0.2, 0.25) is 0 Å².